The summed E-state index contributed by atoms with van der Waals surface area (Å²) in [6.07, 6.45) is 1.03. The number of carboxylic acids is 1. The van der Waals surface area contributed by atoms with Gasteiger partial charge in [-0.25, -0.2) is 4.79 Å². The predicted octanol–water partition coefficient (Wildman–Crippen LogP) is 1.67. The van der Waals surface area contributed by atoms with Crippen LogP contribution in [0.3, 0.4) is 0 Å². The van der Waals surface area contributed by atoms with E-state index in [4.69, 9.17) is 5.11 Å². The van der Waals surface area contributed by atoms with Crippen molar-refractivity contribution in [2.24, 2.45) is 0 Å². The number of hydrogen-bond acceptors (Lipinski definition) is 4. The molecule has 1 aromatic carbocycles. The van der Waals surface area contributed by atoms with Crippen LogP contribution < -0.4 is 0 Å². The van der Waals surface area contributed by atoms with Gasteiger partial charge in [-0.2, -0.15) is 0 Å². The third kappa shape index (κ3) is 2.57. The van der Waals surface area contributed by atoms with E-state index in [1.807, 2.05) is 0 Å². The monoisotopic (exact) mass is 223 g/mol. The van der Waals surface area contributed by atoms with Crippen LogP contribution in [0.1, 0.15) is 5.56 Å². The molecule has 84 valence electrons. The minimum atomic E-state index is -1.21. The molecule has 1 rings (SSSR count). The fraction of sp³-hybridized carbons (Fsp3) is 0.100. The van der Waals surface area contributed by atoms with Gasteiger partial charge in [-0.05, 0) is 5.56 Å². The lowest BCUT2D eigenvalue weighted by molar-refractivity contribution is -0.384. The lowest BCUT2D eigenvalue weighted by Crippen LogP contribution is -2.01. The van der Waals surface area contributed by atoms with E-state index in [9.17, 15) is 14.9 Å². The second-order valence-electron chi connectivity index (χ2n) is 2.88. The van der Waals surface area contributed by atoms with Crippen molar-refractivity contribution >= 4 is 17.2 Å². The molecule has 6 heteroatoms. The zero-order valence-corrected chi connectivity index (χ0v) is 8.41. The quantitative estimate of drug-likeness (QED) is 0.363. The van der Waals surface area contributed by atoms with Gasteiger partial charge in [-0.15, -0.1) is 0 Å². The minimum Gasteiger partial charge on any atom is -0.503 e. The Balaban J connectivity index is 3.21. The van der Waals surface area contributed by atoms with Crippen molar-refractivity contribution < 1.29 is 19.6 Å². The SMILES string of the molecule is COC=C(C(=O)O)c1cccc([N+](=O)[O-])c1. The summed E-state index contributed by atoms with van der Waals surface area (Å²) in [5.74, 6) is -1.21. The van der Waals surface area contributed by atoms with Gasteiger partial charge in [0.2, 0.25) is 0 Å². The maximum atomic E-state index is 10.9. The van der Waals surface area contributed by atoms with Crippen LogP contribution >= 0.6 is 0 Å². The molecular weight excluding hydrogens is 214 g/mol. The lowest BCUT2D eigenvalue weighted by Gasteiger charge is -2.01. The van der Waals surface area contributed by atoms with Crippen molar-refractivity contribution in [3.05, 3.63) is 46.2 Å². The van der Waals surface area contributed by atoms with E-state index >= 15 is 0 Å². The zero-order chi connectivity index (χ0) is 12.1. The first-order chi connectivity index (χ1) is 7.56. The first kappa shape index (κ1) is 11.7. The van der Waals surface area contributed by atoms with Crippen LogP contribution in [0.15, 0.2) is 30.5 Å². The fourth-order valence-electron chi connectivity index (χ4n) is 1.15. The van der Waals surface area contributed by atoms with Gasteiger partial charge in [-0.1, -0.05) is 12.1 Å². The molecule has 0 heterocycles. The van der Waals surface area contributed by atoms with E-state index in [0.717, 1.165) is 6.26 Å². The summed E-state index contributed by atoms with van der Waals surface area (Å²) in [4.78, 5) is 20.8. The molecule has 0 aliphatic carbocycles. The van der Waals surface area contributed by atoms with Gasteiger partial charge in [-0.3, -0.25) is 10.1 Å². The lowest BCUT2D eigenvalue weighted by atomic mass is 10.1. The number of carbonyl (C=O) groups is 1. The third-order valence-corrected chi connectivity index (χ3v) is 1.83. The van der Waals surface area contributed by atoms with E-state index in [1.54, 1.807) is 0 Å². The number of nitro benzene ring substituents is 1. The predicted molar refractivity (Wildman–Crippen MR) is 55.7 cm³/mol. The second kappa shape index (κ2) is 4.92. The largest absolute Gasteiger partial charge is 0.503 e. The Morgan fingerprint density at radius 2 is 2.25 bits per heavy atom. The summed E-state index contributed by atoms with van der Waals surface area (Å²) in [6.45, 7) is 0. The Kier molecular flexibility index (Phi) is 3.60. The van der Waals surface area contributed by atoms with Crippen LogP contribution in [-0.2, 0) is 9.53 Å². The van der Waals surface area contributed by atoms with Crippen LogP contribution in [0.2, 0.25) is 0 Å². The number of benzene rings is 1. The molecule has 0 fully saturated rings. The molecule has 0 aliphatic heterocycles. The average molecular weight is 223 g/mol. The van der Waals surface area contributed by atoms with Crippen molar-refractivity contribution in [2.45, 2.75) is 0 Å². The zero-order valence-electron chi connectivity index (χ0n) is 8.41. The Hall–Kier alpha value is -2.37. The summed E-state index contributed by atoms with van der Waals surface area (Å²) in [5, 5.41) is 19.4. The number of hydrogen-bond donors (Lipinski definition) is 1. The molecule has 6 nitrogen and oxygen atoms in total. The van der Waals surface area contributed by atoms with Crippen LogP contribution in [0.4, 0.5) is 5.69 Å². The summed E-state index contributed by atoms with van der Waals surface area (Å²) in [6, 6.07) is 5.35. The van der Waals surface area contributed by atoms with Crippen LogP contribution in [0.5, 0.6) is 0 Å². The standard InChI is InChI=1S/C10H9NO5/c1-16-6-9(10(12)13)7-3-2-4-8(5-7)11(14)15/h2-6H,1H3,(H,12,13). The highest BCUT2D eigenvalue weighted by atomic mass is 16.6. The number of rotatable bonds is 4. The number of nitro groups is 1. The molecule has 0 amide bonds. The number of carboxylic acid groups (broad SMARTS) is 1. The molecular formula is C10H9NO5. The summed E-state index contributed by atoms with van der Waals surface area (Å²) in [5.41, 5.74) is -0.0736. The highest BCUT2D eigenvalue weighted by Crippen LogP contribution is 2.20. The average Bonchev–Trinajstić information content (AvgIpc) is 2.25. The highest BCUT2D eigenvalue weighted by molar-refractivity contribution is 6.15. The van der Waals surface area contributed by atoms with Crippen molar-refractivity contribution in [3.63, 3.8) is 0 Å². The van der Waals surface area contributed by atoms with Gasteiger partial charge in [0.15, 0.2) is 0 Å². The van der Waals surface area contributed by atoms with E-state index in [1.165, 1.54) is 31.4 Å². The molecule has 0 aliphatic rings. The van der Waals surface area contributed by atoms with E-state index < -0.39 is 10.9 Å². The Bertz CT molecular complexity index is 452. The fourth-order valence-corrected chi connectivity index (χ4v) is 1.15. The maximum absolute atomic E-state index is 10.9. The molecule has 16 heavy (non-hydrogen) atoms. The Morgan fingerprint density at radius 3 is 2.75 bits per heavy atom. The van der Waals surface area contributed by atoms with Crippen LogP contribution in [-0.4, -0.2) is 23.1 Å². The summed E-state index contributed by atoms with van der Waals surface area (Å²) >= 11 is 0. The second-order valence-corrected chi connectivity index (χ2v) is 2.88. The van der Waals surface area contributed by atoms with Gasteiger partial charge < -0.3 is 9.84 Å². The van der Waals surface area contributed by atoms with E-state index in [2.05, 4.69) is 4.74 Å². The van der Waals surface area contributed by atoms with E-state index in [-0.39, 0.29) is 16.8 Å². The minimum absolute atomic E-state index is 0.133. The number of nitrogens with zero attached hydrogens (tertiary/aromatic N) is 1. The number of non-ortho nitro benzene ring substituents is 1. The maximum Gasteiger partial charge on any atom is 0.339 e. The molecule has 0 saturated carbocycles. The number of methoxy groups -OCH3 is 1. The molecule has 0 unspecified atom stereocenters. The molecule has 0 aromatic heterocycles. The van der Waals surface area contributed by atoms with Crippen molar-refractivity contribution in [1.29, 1.82) is 0 Å². The molecule has 0 bridgehead atoms. The smallest absolute Gasteiger partial charge is 0.339 e. The third-order valence-electron chi connectivity index (χ3n) is 1.83. The normalized spacial score (nSPS) is 10.9. The van der Waals surface area contributed by atoms with Crippen LogP contribution in [0, 0.1) is 10.1 Å². The van der Waals surface area contributed by atoms with Gasteiger partial charge in [0.1, 0.15) is 5.57 Å². The molecule has 1 N–H and O–H groups in total. The van der Waals surface area contributed by atoms with Crippen molar-refractivity contribution in [1.82, 2.24) is 0 Å². The Morgan fingerprint density at radius 1 is 1.56 bits per heavy atom. The first-order valence-electron chi connectivity index (χ1n) is 4.27. The summed E-state index contributed by atoms with van der Waals surface area (Å²) in [7, 11) is 1.31. The molecule has 0 radical (unpaired) electrons. The highest BCUT2D eigenvalue weighted by Gasteiger charge is 2.14. The van der Waals surface area contributed by atoms with Gasteiger partial charge >= 0.3 is 5.97 Å². The molecule has 0 spiro atoms. The summed E-state index contributed by atoms with van der Waals surface area (Å²) < 4.78 is 4.61. The van der Waals surface area contributed by atoms with Gasteiger partial charge in [0.25, 0.3) is 5.69 Å². The number of ether oxygens (including phenoxy) is 1. The van der Waals surface area contributed by atoms with Crippen LogP contribution in [0.25, 0.3) is 5.57 Å². The Labute approximate surface area is 90.9 Å². The first-order valence-corrected chi connectivity index (χ1v) is 4.27. The number of aliphatic carboxylic acids is 1. The van der Waals surface area contributed by atoms with Crippen molar-refractivity contribution in [3.8, 4) is 0 Å². The molecule has 0 atom stereocenters. The topological polar surface area (TPSA) is 89.7 Å². The van der Waals surface area contributed by atoms with Gasteiger partial charge in [0, 0.05) is 12.1 Å². The van der Waals surface area contributed by atoms with E-state index in [0.29, 0.717) is 0 Å². The van der Waals surface area contributed by atoms with Crippen molar-refractivity contribution in [2.75, 3.05) is 7.11 Å². The molecule has 0 saturated heterocycles. The molecule has 1 aromatic rings. The van der Waals surface area contributed by atoms with Gasteiger partial charge in [0.05, 0.1) is 18.3 Å².